The number of fused-ring (bicyclic) bond motifs is 1. The van der Waals surface area contributed by atoms with Crippen molar-refractivity contribution in [2.45, 2.75) is 4.90 Å². The maximum atomic E-state index is 10.7. The van der Waals surface area contributed by atoms with Gasteiger partial charge in [0.25, 0.3) is 0 Å². The summed E-state index contributed by atoms with van der Waals surface area (Å²) in [5.74, 6) is 0. The molecule has 15 heavy (non-hydrogen) atoms. The number of rotatable bonds is 1. The van der Waals surface area contributed by atoms with E-state index in [2.05, 4.69) is 15.4 Å². The van der Waals surface area contributed by atoms with Crippen LogP contribution in [0.25, 0.3) is 11.0 Å². The fourth-order valence-electron chi connectivity index (χ4n) is 1.05. The van der Waals surface area contributed by atoms with Crippen LogP contribution in [0.4, 0.5) is 0 Å². The quantitative estimate of drug-likeness (QED) is 0.435. The van der Waals surface area contributed by atoms with Gasteiger partial charge in [-0.1, -0.05) is 11.3 Å². The first-order valence-electron chi connectivity index (χ1n) is 3.35. The number of benzene rings is 1. The molecule has 1 aromatic carbocycles. The predicted octanol–water partition coefficient (Wildman–Crippen LogP) is -3.14. The maximum Gasteiger partial charge on any atom is 1.00 e. The molecule has 1 heterocycles. The first-order chi connectivity index (χ1) is 6.09. The van der Waals surface area contributed by atoms with Gasteiger partial charge < -0.3 is 4.55 Å². The van der Waals surface area contributed by atoms with Crippen molar-refractivity contribution >= 4 is 21.2 Å². The average molecular weight is 345 g/mol. The third kappa shape index (κ3) is 3.43. The number of nitrogens with zero attached hydrogens (tertiary/aromatic N) is 2. The van der Waals surface area contributed by atoms with Crippen molar-refractivity contribution < 1.29 is 86.7 Å². The van der Waals surface area contributed by atoms with Gasteiger partial charge in [-0.15, -0.1) is 5.10 Å². The number of hydrogen-bond donors (Lipinski definition) is 1. The van der Waals surface area contributed by atoms with E-state index in [1.54, 1.807) is 6.07 Å². The van der Waals surface area contributed by atoms with Crippen LogP contribution >= 0.6 is 0 Å². The van der Waals surface area contributed by atoms with Crippen LogP contribution in [0.3, 0.4) is 0 Å². The van der Waals surface area contributed by atoms with E-state index in [-0.39, 0.29) is 84.2 Å². The predicted molar refractivity (Wildman–Crippen MR) is 41.9 cm³/mol. The number of aromatic amines is 1. The van der Waals surface area contributed by atoms with E-state index in [1.807, 2.05) is 0 Å². The number of hydrogen-bond acceptors (Lipinski definition) is 5. The van der Waals surface area contributed by atoms with E-state index in [0.29, 0.717) is 5.52 Å². The van der Waals surface area contributed by atoms with Crippen LogP contribution in [-0.2, 0) is 32.5 Å². The molecule has 0 aliphatic rings. The molecule has 0 amide bonds. The molecule has 6 nitrogen and oxygen atoms in total. The summed E-state index contributed by atoms with van der Waals surface area (Å²) in [7, 11) is -4.47. The second-order valence-corrected chi connectivity index (χ2v) is 3.77. The first-order valence-corrected chi connectivity index (χ1v) is 4.75. The van der Waals surface area contributed by atoms with E-state index in [1.165, 1.54) is 12.1 Å². The van der Waals surface area contributed by atoms with Gasteiger partial charge in [0.2, 0.25) is 0 Å². The zero-order valence-corrected chi connectivity index (χ0v) is 13.0. The zero-order chi connectivity index (χ0) is 9.47. The van der Waals surface area contributed by atoms with Crippen LogP contribution in [-0.4, -0.2) is 28.4 Å². The van der Waals surface area contributed by atoms with Gasteiger partial charge in [-0.2, -0.15) is 0 Å². The van der Waals surface area contributed by atoms with Gasteiger partial charge in [-0.05, 0) is 12.1 Å². The van der Waals surface area contributed by atoms with Crippen molar-refractivity contribution in [2.24, 2.45) is 0 Å². The SMILES string of the molecule is O=S(=O)([O-])c1cccc2[nH]nnc12.[Ag].[K+]. The second kappa shape index (κ2) is 6.01. The number of aromatic nitrogens is 3. The summed E-state index contributed by atoms with van der Waals surface area (Å²) >= 11 is 0. The Hall–Kier alpha value is 0.907. The molecule has 1 aromatic heterocycles. The summed E-state index contributed by atoms with van der Waals surface area (Å²) in [4.78, 5) is -0.348. The first kappa shape index (κ1) is 15.9. The summed E-state index contributed by atoms with van der Waals surface area (Å²) in [5, 5.41) is 9.37. The van der Waals surface area contributed by atoms with Gasteiger partial charge in [0.1, 0.15) is 15.6 Å². The number of nitrogens with one attached hydrogen (secondary N) is 1. The molecule has 1 N–H and O–H groups in total. The Morgan fingerprint density at radius 3 is 2.60 bits per heavy atom. The zero-order valence-electron chi connectivity index (χ0n) is 7.56. The molecule has 0 spiro atoms. The number of H-pyrrole nitrogens is 1. The van der Waals surface area contributed by atoms with Crippen LogP contribution in [0, 0.1) is 0 Å². The summed E-state index contributed by atoms with van der Waals surface area (Å²) < 4.78 is 32.1. The van der Waals surface area contributed by atoms with Gasteiger partial charge >= 0.3 is 51.4 Å². The van der Waals surface area contributed by atoms with Crippen molar-refractivity contribution in [3.05, 3.63) is 18.2 Å². The minimum absolute atomic E-state index is 0. The third-order valence-corrected chi connectivity index (χ3v) is 2.46. The Kier molecular flexibility index (Phi) is 6.37. The molecule has 79 valence electrons. The van der Waals surface area contributed by atoms with Gasteiger partial charge in [0, 0.05) is 22.4 Å². The molecule has 0 fully saturated rings. The van der Waals surface area contributed by atoms with Crippen LogP contribution in [0.15, 0.2) is 23.1 Å². The molecule has 2 aromatic rings. The molecule has 0 atom stereocenters. The smallest absolute Gasteiger partial charge is 0.744 e. The van der Waals surface area contributed by atoms with E-state index < -0.39 is 10.1 Å². The Morgan fingerprint density at radius 1 is 1.33 bits per heavy atom. The fraction of sp³-hybridized carbons (Fsp3) is 0. The minimum atomic E-state index is -4.47. The molecule has 0 unspecified atom stereocenters. The van der Waals surface area contributed by atoms with Crippen molar-refractivity contribution in [2.75, 3.05) is 0 Å². The second-order valence-electron chi connectivity index (χ2n) is 2.42. The molecule has 0 saturated heterocycles. The summed E-state index contributed by atoms with van der Waals surface area (Å²) in [6, 6.07) is 4.24. The van der Waals surface area contributed by atoms with Crippen LogP contribution in [0.5, 0.6) is 0 Å². The summed E-state index contributed by atoms with van der Waals surface area (Å²) in [6.45, 7) is 0. The molecule has 2 rings (SSSR count). The molecular formula is C6H4AgKN3O3S. The molecule has 0 saturated carbocycles. The Balaban J connectivity index is 0.000000980. The van der Waals surface area contributed by atoms with E-state index in [4.69, 9.17) is 0 Å². The van der Waals surface area contributed by atoms with Crippen molar-refractivity contribution in [1.29, 1.82) is 0 Å². The Morgan fingerprint density at radius 2 is 2.00 bits per heavy atom. The van der Waals surface area contributed by atoms with Crippen LogP contribution in [0.2, 0.25) is 0 Å². The monoisotopic (exact) mass is 344 g/mol. The minimum Gasteiger partial charge on any atom is -0.744 e. The van der Waals surface area contributed by atoms with E-state index in [9.17, 15) is 13.0 Å². The average Bonchev–Trinajstić information content (AvgIpc) is 2.48. The molecule has 0 aliphatic heterocycles. The van der Waals surface area contributed by atoms with Gasteiger partial charge in [-0.3, -0.25) is 5.10 Å². The fourth-order valence-corrected chi connectivity index (χ4v) is 1.68. The van der Waals surface area contributed by atoms with Crippen LogP contribution in [0.1, 0.15) is 0 Å². The van der Waals surface area contributed by atoms with E-state index in [0.717, 1.165) is 0 Å². The summed E-state index contributed by atoms with van der Waals surface area (Å²) in [5.41, 5.74) is 0.509. The van der Waals surface area contributed by atoms with Crippen molar-refractivity contribution in [3.8, 4) is 0 Å². The molecule has 1 radical (unpaired) electrons. The van der Waals surface area contributed by atoms with Gasteiger partial charge in [-0.25, -0.2) is 8.42 Å². The Labute approximate surface area is 144 Å². The molecular weight excluding hydrogens is 341 g/mol. The molecule has 0 bridgehead atoms. The topological polar surface area (TPSA) is 98.8 Å². The molecule has 9 heteroatoms. The van der Waals surface area contributed by atoms with Crippen LogP contribution < -0.4 is 51.4 Å². The van der Waals surface area contributed by atoms with Gasteiger partial charge in [0.15, 0.2) is 0 Å². The van der Waals surface area contributed by atoms with E-state index >= 15 is 0 Å². The standard InChI is InChI=1S/C6H5N3O3S.Ag.K/c10-13(11,12)5-3-1-2-4-6(5)8-9-7-4;;/h1-3H,(H,7,8,9)(H,10,11,12);;/q;;+1/p-1. The maximum absolute atomic E-state index is 10.7. The molecule has 0 aliphatic carbocycles. The summed E-state index contributed by atoms with van der Waals surface area (Å²) in [6.07, 6.45) is 0. The normalized spacial score (nSPS) is 10.5. The van der Waals surface area contributed by atoms with Gasteiger partial charge in [0.05, 0.1) is 10.4 Å². The third-order valence-electron chi connectivity index (χ3n) is 1.59. The van der Waals surface area contributed by atoms with Crippen molar-refractivity contribution in [3.63, 3.8) is 0 Å². The Bertz CT molecular complexity index is 556. The largest absolute Gasteiger partial charge is 1.00 e. The van der Waals surface area contributed by atoms with Crippen molar-refractivity contribution in [1.82, 2.24) is 15.4 Å².